The number of hydrogen-bond acceptors (Lipinski definition) is 4. The Hall–Kier alpha value is -2.48. The molecule has 1 heterocycles. The van der Waals surface area contributed by atoms with Crippen LogP contribution in [0, 0.1) is 17.8 Å². The quantitative estimate of drug-likeness (QED) is 0.402. The standard InChI is InChI=1S/C25H32BrN3O4/c1-16(2)14-27-23(31)17(3)29(15-18-7-6-8-19(26)13-18)22(30)11-12-28-24(32)20-9-4-5-10-21(20)25(28)33/h4-8,13,16-17,20-21H,9-12,14-15H2,1-3H3,(H,27,31)/t17?,20-,21+. The number of allylic oxidation sites excluding steroid dienone is 2. The highest BCUT2D eigenvalue weighted by Crippen LogP contribution is 2.35. The molecule has 1 saturated heterocycles. The van der Waals surface area contributed by atoms with Crippen LogP contribution in [-0.4, -0.2) is 52.6 Å². The fraction of sp³-hybridized carbons (Fsp3) is 0.520. The van der Waals surface area contributed by atoms with Crippen molar-refractivity contribution in [3.05, 3.63) is 46.5 Å². The fourth-order valence-corrected chi connectivity index (χ4v) is 4.75. The Kier molecular flexibility index (Phi) is 8.46. The number of nitrogens with one attached hydrogen (secondary N) is 1. The summed E-state index contributed by atoms with van der Waals surface area (Å²) in [5.41, 5.74) is 0.881. The molecule has 7 nitrogen and oxygen atoms in total. The van der Waals surface area contributed by atoms with Crippen molar-refractivity contribution in [1.29, 1.82) is 0 Å². The summed E-state index contributed by atoms with van der Waals surface area (Å²) in [5, 5.41) is 2.89. The van der Waals surface area contributed by atoms with Gasteiger partial charge in [0.05, 0.1) is 11.8 Å². The van der Waals surface area contributed by atoms with Gasteiger partial charge in [0.25, 0.3) is 0 Å². The van der Waals surface area contributed by atoms with E-state index in [0.717, 1.165) is 10.0 Å². The van der Waals surface area contributed by atoms with Crippen LogP contribution in [0.15, 0.2) is 40.9 Å². The van der Waals surface area contributed by atoms with Crippen molar-refractivity contribution in [2.75, 3.05) is 13.1 Å². The average Bonchev–Trinajstić information content (AvgIpc) is 3.03. The number of carbonyl (C=O) groups excluding carboxylic acids is 4. The number of rotatable bonds is 9. The third-order valence-corrected chi connectivity index (χ3v) is 6.74. The molecule has 2 aliphatic rings. The lowest BCUT2D eigenvalue weighted by Gasteiger charge is -2.29. The molecule has 4 amide bonds. The molecular formula is C25H32BrN3O4. The van der Waals surface area contributed by atoms with Crippen molar-refractivity contribution >= 4 is 39.6 Å². The van der Waals surface area contributed by atoms with Gasteiger partial charge in [0, 0.05) is 30.5 Å². The smallest absolute Gasteiger partial charge is 0.242 e. The number of amides is 4. The lowest BCUT2D eigenvalue weighted by Crippen LogP contribution is -2.49. The molecule has 3 rings (SSSR count). The average molecular weight is 518 g/mol. The summed E-state index contributed by atoms with van der Waals surface area (Å²) in [7, 11) is 0. The largest absolute Gasteiger partial charge is 0.354 e. The second-order valence-electron chi connectivity index (χ2n) is 9.20. The van der Waals surface area contributed by atoms with Gasteiger partial charge in [-0.3, -0.25) is 24.1 Å². The van der Waals surface area contributed by atoms with E-state index in [0.29, 0.717) is 25.3 Å². The maximum atomic E-state index is 13.3. The monoisotopic (exact) mass is 517 g/mol. The second-order valence-corrected chi connectivity index (χ2v) is 10.1. The zero-order valence-corrected chi connectivity index (χ0v) is 21.0. The minimum Gasteiger partial charge on any atom is -0.354 e. The van der Waals surface area contributed by atoms with E-state index in [4.69, 9.17) is 0 Å². The molecule has 8 heteroatoms. The van der Waals surface area contributed by atoms with Crippen LogP contribution in [-0.2, 0) is 25.7 Å². The molecule has 0 saturated carbocycles. The van der Waals surface area contributed by atoms with Crippen LogP contribution < -0.4 is 5.32 Å². The summed E-state index contributed by atoms with van der Waals surface area (Å²) in [6, 6.07) is 6.89. The van der Waals surface area contributed by atoms with Crippen molar-refractivity contribution in [3.63, 3.8) is 0 Å². The number of benzene rings is 1. The second kappa shape index (κ2) is 11.1. The van der Waals surface area contributed by atoms with Gasteiger partial charge in [0.1, 0.15) is 6.04 Å². The first kappa shape index (κ1) is 25.1. The lowest BCUT2D eigenvalue weighted by atomic mass is 9.85. The van der Waals surface area contributed by atoms with E-state index >= 15 is 0 Å². The number of nitrogens with zero attached hydrogens (tertiary/aromatic N) is 2. The predicted molar refractivity (Wildman–Crippen MR) is 129 cm³/mol. The lowest BCUT2D eigenvalue weighted by molar-refractivity contribution is -0.143. The van der Waals surface area contributed by atoms with E-state index in [1.54, 1.807) is 6.92 Å². The molecule has 3 atom stereocenters. The van der Waals surface area contributed by atoms with Gasteiger partial charge in [0.15, 0.2) is 0 Å². The third kappa shape index (κ3) is 6.10. The van der Waals surface area contributed by atoms with E-state index in [2.05, 4.69) is 21.2 Å². The maximum absolute atomic E-state index is 13.3. The van der Waals surface area contributed by atoms with Crippen molar-refractivity contribution < 1.29 is 19.2 Å². The minimum absolute atomic E-state index is 0.0137. The SMILES string of the molecule is CC(C)CNC(=O)C(C)N(Cc1cccc(Br)c1)C(=O)CCN1C(=O)[C@H]2CC=CC[C@H]2C1=O. The van der Waals surface area contributed by atoms with Crippen molar-refractivity contribution in [3.8, 4) is 0 Å². The van der Waals surface area contributed by atoms with E-state index < -0.39 is 6.04 Å². The summed E-state index contributed by atoms with van der Waals surface area (Å²) in [5.74, 6) is -1.20. The highest BCUT2D eigenvalue weighted by molar-refractivity contribution is 9.10. The molecule has 0 spiro atoms. The number of fused-ring (bicyclic) bond motifs is 1. The molecule has 1 aromatic carbocycles. The number of imide groups is 1. The Bertz CT molecular complexity index is 919. The molecule has 0 bridgehead atoms. The van der Waals surface area contributed by atoms with E-state index in [1.165, 1.54) is 9.80 Å². The Morgan fingerprint density at radius 3 is 2.33 bits per heavy atom. The molecule has 1 fully saturated rings. The first-order valence-corrected chi connectivity index (χ1v) is 12.3. The third-order valence-electron chi connectivity index (χ3n) is 6.24. The van der Waals surface area contributed by atoms with E-state index in [9.17, 15) is 19.2 Å². The number of hydrogen-bond donors (Lipinski definition) is 1. The first-order chi connectivity index (χ1) is 15.7. The Balaban J connectivity index is 1.71. The van der Waals surface area contributed by atoms with Gasteiger partial charge in [-0.15, -0.1) is 0 Å². The van der Waals surface area contributed by atoms with Crippen LogP contribution >= 0.6 is 15.9 Å². The van der Waals surface area contributed by atoms with Crippen molar-refractivity contribution in [2.45, 2.75) is 52.6 Å². The van der Waals surface area contributed by atoms with Crippen LogP contribution in [0.3, 0.4) is 0 Å². The molecular weight excluding hydrogens is 486 g/mol. The van der Waals surface area contributed by atoms with Gasteiger partial charge in [-0.25, -0.2) is 0 Å². The summed E-state index contributed by atoms with van der Waals surface area (Å²) in [6.45, 7) is 6.54. The fourth-order valence-electron chi connectivity index (χ4n) is 4.31. The molecule has 33 heavy (non-hydrogen) atoms. The zero-order valence-electron chi connectivity index (χ0n) is 19.4. The Morgan fingerprint density at radius 1 is 1.12 bits per heavy atom. The Labute approximate surface area is 203 Å². The van der Waals surface area contributed by atoms with Gasteiger partial charge >= 0.3 is 0 Å². The molecule has 0 aromatic heterocycles. The van der Waals surface area contributed by atoms with Crippen LogP contribution in [0.25, 0.3) is 0 Å². The zero-order chi connectivity index (χ0) is 24.1. The molecule has 0 radical (unpaired) electrons. The predicted octanol–water partition coefficient (Wildman–Crippen LogP) is 3.28. The molecule has 1 aliphatic carbocycles. The minimum atomic E-state index is -0.688. The van der Waals surface area contributed by atoms with E-state index in [1.807, 2.05) is 50.3 Å². The van der Waals surface area contributed by atoms with Crippen molar-refractivity contribution in [1.82, 2.24) is 15.1 Å². The summed E-state index contributed by atoms with van der Waals surface area (Å²) >= 11 is 3.44. The molecule has 178 valence electrons. The van der Waals surface area contributed by atoms with Gasteiger partial charge < -0.3 is 10.2 Å². The van der Waals surface area contributed by atoms with Crippen molar-refractivity contribution in [2.24, 2.45) is 17.8 Å². The number of carbonyl (C=O) groups is 4. The molecule has 1 aromatic rings. The molecule has 1 N–H and O–H groups in total. The number of likely N-dealkylation sites (tertiary alicyclic amines) is 1. The van der Waals surface area contributed by atoms with Gasteiger partial charge in [-0.1, -0.05) is 54.1 Å². The van der Waals surface area contributed by atoms with Crippen LogP contribution in [0.5, 0.6) is 0 Å². The van der Waals surface area contributed by atoms with Gasteiger partial charge in [-0.2, -0.15) is 0 Å². The van der Waals surface area contributed by atoms with E-state index in [-0.39, 0.29) is 55.0 Å². The van der Waals surface area contributed by atoms with Crippen LogP contribution in [0.4, 0.5) is 0 Å². The highest BCUT2D eigenvalue weighted by Gasteiger charge is 2.47. The number of halogens is 1. The summed E-state index contributed by atoms with van der Waals surface area (Å²) < 4.78 is 0.883. The summed E-state index contributed by atoms with van der Waals surface area (Å²) in [6.07, 6.45) is 5.01. The normalized spacial score (nSPS) is 20.7. The van der Waals surface area contributed by atoms with Crippen LogP contribution in [0.1, 0.15) is 45.6 Å². The topological polar surface area (TPSA) is 86.8 Å². The molecule has 1 aliphatic heterocycles. The van der Waals surface area contributed by atoms with Gasteiger partial charge in [0.2, 0.25) is 23.6 Å². The Morgan fingerprint density at radius 2 is 1.76 bits per heavy atom. The van der Waals surface area contributed by atoms with Gasteiger partial charge in [-0.05, 0) is 43.4 Å². The maximum Gasteiger partial charge on any atom is 0.242 e. The van der Waals surface area contributed by atoms with Crippen LogP contribution in [0.2, 0.25) is 0 Å². The summed E-state index contributed by atoms with van der Waals surface area (Å²) in [4.78, 5) is 54.2. The highest BCUT2D eigenvalue weighted by atomic mass is 79.9. The molecule has 1 unspecified atom stereocenters. The first-order valence-electron chi connectivity index (χ1n) is 11.5.